The molecule has 1 aliphatic carbocycles. The highest BCUT2D eigenvalue weighted by atomic mass is 16.5. The van der Waals surface area contributed by atoms with Gasteiger partial charge in [-0.1, -0.05) is 78.6 Å². The quantitative estimate of drug-likeness (QED) is 0.160. The van der Waals surface area contributed by atoms with Crippen LogP contribution in [0.4, 0.5) is 0 Å². The molecule has 10 rings (SSSR count). The molecule has 0 radical (unpaired) electrons. The molecule has 0 amide bonds. The Balaban J connectivity index is 0.983. The van der Waals surface area contributed by atoms with Crippen LogP contribution in [-0.2, 0) is 12.6 Å². The molecule has 9 aromatic rings. The molecule has 0 spiro atoms. The van der Waals surface area contributed by atoms with Crippen LogP contribution in [0.15, 0.2) is 140 Å². The number of methoxy groups -OCH3 is 1. The first-order valence-electron chi connectivity index (χ1n) is 20.2. The van der Waals surface area contributed by atoms with Gasteiger partial charge >= 0.3 is 0 Å². The number of rotatable bonds is 7. The first-order chi connectivity index (χ1) is 29.8. The molecule has 1 aliphatic rings. The summed E-state index contributed by atoms with van der Waals surface area (Å²) in [7, 11) is 3.53. The van der Waals surface area contributed by atoms with E-state index in [0.717, 1.165) is 97.0 Å². The lowest BCUT2D eigenvalue weighted by molar-refractivity contribution is 0.122. The summed E-state index contributed by atoms with van der Waals surface area (Å²) in [5.41, 5.74) is 13.0. The van der Waals surface area contributed by atoms with Gasteiger partial charge in [-0.25, -0.2) is 14.0 Å². The number of aromatic nitrogens is 7. The number of nitrogens with zero attached hydrogens (tertiary/aromatic N) is 8. The summed E-state index contributed by atoms with van der Waals surface area (Å²) < 4.78 is 11.0. The van der Waals surface area contributed by atoms with Crippen molar-refractivity contribution in [3.8, 4) is 68.4 Å². The van der Waals surface area contributed by atoms with Crippen molar-refractivity contribution in [2.45, 2.75) is 31.8 Å². The predicted octanol–water partition coefficient (Wildman–Crippen LogP) is 9.91. The van der Waals surface area contributed by atoms with E-state index in [1.165, 1.54) is 5.57 Å². The first kappa shape index (κ1) is 37.5. The number of hydrogen-bond acceptors (Lipinski definition) is 7. The summed E-state index contributed by atoms with van der Waals surface area (Å²) in [6.07, 6.45) is 14.1. The van der Waals surface area contributed by atoms with E-state index >= 15 is 0 Å². The van der Waals surface area contributed by atoms with Crippen LogP contribution in [0, 0.1) is 29.1 Å². The second-order valence-electron chi connectivity index (χ2n) is 15.7. The second-order valence-corrected chi connectivity index (χ2v) is 15.7. The summed E-state index contributed by atoms with van der Waals surface area (Å²) in [5, 5.41) is 36.3. The molecule has 10 heteroatoms. The van der Waals surface area contributed by atoms with Crippen molar-refractivity contribution in [2.75, 3.05) is 7.11 Å². The zero-order valence-electron chi connectivity index (χ0n) is 33.9. The van der Waals surface area contributed by atoms with Gasteiger partial charge in [-0.3, -0.25) is 4.68 Å². The fourth-order valence-corrected chi connectivity index (χ4v) is 8.37. The molecule has 6 aromatic heterocycles. The number of aryl methyl sites for hydroxylation is 1. The van der Waals surface area contributed by atoms with Crippen molar-refractivity contribution < 1.29 is 9.84 Å². The Kier molecular flexibility index (Phi) is 9.28. The van der Waals surface area contributed by atoms with E-state index in [9.17, 15) is 10.4 Å². The molecule has 61 heavy (non-hydrogen) atoms. The maximum absolute atomic E-state index is 11.8. The van der Waals surface area contributed by atoms with E-state index in [4.69, 9.17) is 9.84 Å². The summed E-state index contributed by atoms with van der Waals surface area (Å²) in [6, 6.07) is 37.0. The minimum atomic E-state index is -1.45. The van der Waals surface area contributed by atoms with Crippen LogP contribution in [-0.4, -0.2) is 46.2 Å². The molecule has 0 bridgehead atoms. The average Bonchev–Trinajstić information content (AvgIpc) is 4.07. The van der Waals surface area contributed by atoms with Gasteiger partial charge < -0.3 is 9.84 Å². The molecule has 1 N–H and O–H groups in total. The van der Waals surface area contributed by atoms with E-state index in [1.54, 1.807) is 18.7 Å². The second kappa shape index (κ2) is 15.1. The Morgan fingerprint density at radius 2 is 1.56 bits per heavy atom. The lowest BCUT2D eigenvalue weighted by Gasteiger charge is -2.20. The van der Waals surface area contributed by atoms with Crippen molar-refractivity contribution in [1.82, 2.24) is 34.0 Å². The van der Waals surface area contributed by atoms with E-state index < -0.39 is 5.60 Å². The van der Waals surface area contributed by atoms with Gasteiger partial charge in [0.15, 0.2) is 0 Å². The van der Waals surface area contributed by atoms with Crippen LogP contribution in [0.25, 0.3) is 72.1 Å². The Morgan fingerprint density at radius 3 is 2.31 bits per heavy atom. The van der Waals surface area contributed by atoms with Crippen LogP contribution >= 0.6 is 0 Å². The lowest BCUT2D eigenvalue weighted by Crippen LogP contribution is -2.18. The number of nitriles is 1. The highest BCUT2D eigenvalue weighted by Gasteiger charge is 2.23. The fourth-order valence-electron chi connectivity index (χ4n) is 8.37. The van der Waals surface area contributed by atoms with Gasteiger partial charge in [0.2, 0.25) is 5.88 Å². The molecule has 10 nitrogen and oxygen atoms in total. The predicted molar refractivity (Wildman–Crippen MR) is 238 cm³/mol. The average molecular weight is 797 g/mol. The number of aliphatic hydroxyl groups is 1. The van der Waals surface area contributed by atoms with Gasteiger partial charge in [0.05, 0.1) is 65.5 Å². The normalized spacial score (nSPS) is 14.9. The summed E-state index contributed by atoms with van der Waals surface area (Å²) in [6.45, 7) is 1.72. The van der Waals surface area contributed by atoms with Crippen LogP contribution in [0.3, 0.4) is 0 Å². The number of allylic oxidation sites excluding steroid dienone is 2. The highest BCUT2D eigenvalue weighted by Crippen LogP contribution is 2.39. The molecular weight excluding hydrogens is 757 g/mol. The van der Waals surface area contributed by atoms with E-state index in [-0.39, 0.29) is 5.92 Å². The van der Waals surface area contributed by atoms with Crippen molar-refractivity contribution in [2.24, 2.45) is 13.0 Å². The molecule has 0 saturated heterocycles. The van der Waals surface area contributed by atoms with Crippen LogP contribution < -0.4 is 4.74 Å². The SMILES string of the molecule is COc1ccc2cc(-c3cnn4c(-c5ccc(C(C)(O)C#Cc6cccn7ncc(-c8ccc(-c9cnn(C)c9)cc8)c67)cc5)ccc(C5=CCC(C#N)CC5)c34)ccc2n1. The lowest BCUT2D eigenvalue weighted by atomic mass is 9.86. The maximum atomic E-state index is 11.8. The van der Waals surface area contributed by atoms with E-state index in [2.05, 4.69) is 87.7 Å². The van der Waals surface area contributed by atoms with Gasteiger partial charge in [0.25, 0.3) is 0 Å². The fraction of sp³-hybridized carbons (Fsp3) is 0.157. The molecule has 2 atom stereocenters. The van der Waals surface area contributed by atoms with Gasteiger partial charge in [-0.2, -0.15) is 20.6 Å². The minimum absolute atomic E-state index is 0.0350. The van der Waals surface area contributed by atoms with Crippen LogP contribution in [0.5, 0.6) is 5.88 Å². The van der Waals surface area contributed by atoms with Gasteiger partial charge in [0, 0.05) is 58.7 Å². The molecule has 0 saturated carbocycles. The zero-order chi connectivity index (χ0) is 41.7. The van der Waals surface area contributed by atoms with Crippen molar-refractivity contribution in [3.05, 3.63) is 157 Å². The summed E-state index contributed by atoms with van der Waals surface area (Å²) in [4.78, 5) is 4.62. The van der Waals surface area contributed by atoms with E-state index in [1.807, 2.05) is 102 Å². The van der Waals surface area contributed by atoms with E-state index in [0.29, 0.717) is 11.4 Å². The number of fused-ring (bicyclic) bond motifs is 3. The van der Waals surface area contributed by atoms with Crippen molar-refractivity contribution in [3.63, 3.8) is 0 Å². The Bertz CT molecular complexity index is 3280. The molecule has 0 fully saturated rings. The smallest absolute Gasteiger partial charge is 0.213 e. The molecule has 296 valence electrons. The molecule has 2 unspecified atom stereocenters. The molecular formula is C51H40N8O2. The molecule has 0 aliphatic heterocycles. The third-order valence-electron chi connectivity index (χ3n) is 11.7. The largest absolute Gasteiger partial charge is 0.481 e. The Labute approximate surface area is 352 Å². The minimum Gasteiger partial charge on any atom is -0.481 e. The Hall–Kier alpha value is -7.79. The van der Waals surface area contributed by atoms with Crippen LogP contribution in [0.2, 0.25) is 0 Å². The standard InChI is InChI=1S/C51H40N8O2/c1-51(60,25-24-38-5-4-26-58-49(38)44(30-54-58)36-12-10-34(11-13-36)41-29-53-57(2)32-41)42-18-14-37(15-19-42)47-22-20-43(35-8-6-33(28-52)7-9-35)50-45(31-55-59(47)50)39-16-21-46-40(27-39)17-23-48(56-46)61-3/h4-5,8,10-23,26-27,29-33,60H,6-7,9H2,1-3H3. The monoisotopic (exact) mass is 796 g/mol. The molecule has 6 heterocycles. The summed E-state index contributed by atoms with van der Waals surface area (Å²) in [5.74, 6) is 7.07. The zero-order valence-corrected chi connectivity index (χ0v) is 33.9. The third kappa shape index (κ3) is 6.89. The highest BCUT2D eigenvalue weighted by molar-refractivity contribution is 5.95. The van der Waals surface area contributed by atoms with Crippen molar-refractivity contribution >= 4 is 27.5 Å². The van der Waals surface area contributed by atoms with Gasteiger partial charge in [0.1, 0.15) is 5.60 Å². The maximum Gasteiger partial charge on any atom is 0.213 e. The third-order valence-corrected chi connectivity index (χ3v) is 11.7. The van der Waals surface area contributed by atoms with Gasteiger partial charge in [-0.05, 0) is 90.4 Å². The number of hydrogen-bond donors (Lipinski definition) is 1. The number of pyridine rings is 3. The number of ether oxygens (including phenoxy) is 1. The first-order valence-corrected chi connectivity index (χ1v) is 20.2. The van der Waals surface area contributed by atoms with Gasteiger partial charge in [-0.15, -0.1) is 0 Å². The van der Waals surface area contributed by atoms with Crippen LogP contribution in [0.1, 0.15) is 42.9 Å². The molecule has 3 aromatic carbocycles. The Morgan fingerprint density at radius 1 is 0.787 bits per heavy atom. The topological polar surface area (TPSA) is 119 Å². The van der Waals surface area contributed by atoms with Crippen molar-refractivity contribution in [1.29, 1.82) is 5.26 Å². The number of benzene rings is 3. The summed E-state index contributed by atoms with van der Waals surface area (Å²) >= 11 is 0.